The van der Waals surface area contributed by atoms with Gasteiger partial charge in [0.1, 0.15) is 0 Å². The van der Waals surface area contributed by atoms with E-state index in [0.29, 0.717) is 0 Å². The molecule has 28 heavy (non-hydrogen) atoms. The van der Waals surface area contributed by atoms with E-state index >= 15 is 0 Å². The second kappa shape index (κ2) is 6.68. The molecule has 0 radical (unpaired) electrons. The van der Waals surface area contributed by atoms with Gasteiger partial charge in [-0.1, -0.05) is 11.5 Å². The van der Waals surface area contributed by atoms with Crippen molar-refractivity contribution in [3.8, 4) is 0 Å². The molecule has 2 nitrogen and oxygen atoms in total. The van der Waals surface area contributed by atoms with E-state index in [4.69, 9.17) is 0 Å². The highest BCUT2D eigenvalue weighted by Gasteiger charge is 2.91. The molecular formula is C9H2F17NO. The largest absolute Gasteiger partial charge is 0.472 e. The molecule has 19 heteroatoms. The van der Waals surface area contributed by atoms with E-state index in [1.807, 2.05) is 4.74 Å². The van der Waals surface area contributed by atoms with Crippen LogP contribution in [0.25, 0.3) is 0 Å². The first-order valence-corrected chi connectivity index (χ1v) is 5.65. The van der Waals surface area contributed by atoms with Crippen LogP contribution in [-0.4, -0.2) is 47.7 Å². The minimum atomic E-state index is -8.32. The van der Waals surface area contributed by atoms with Gasteiger partial charge in [-0.15, -0.1) is 0 Å². The Kier molecular flexibility index (Phi) is 6.28. The highest BCUT2D eigenvalue weighted by Crippen LogP contribution is 2.59. The van der Waals surface area contributed by atoms with Crippen LogP contribution in [0.15, 0.2) is 12.3 Å². The fraction of sp³-hybridized carbons (Fsp3) is 0.778. The van der Waals surface area contributed by atoms with E-state index in [-0.39, 0.29) is 0 Å². The van der Waals surface area contributed by atoms with E-state index in [0.717, 1.165) is 0 Å². The topological polar surface area (TPSA) is 12.5 Å². The van der Waals surface area contributed by atoms with E-state index < -0.39 is 53.4 Å². The predicted octanol–water partition coefficient (Wildman–Crippen LogP) is 5.88. The molecule has 0 spiro atoms. The molecular weight excluding hydrogens is 461 g/mol. The number of ether oxygens (including phenoxy) is 1. The number of alkyl halides is 17. The van der Waals surface area contributed by atoms with Crippen LogP contribution < -0.4 is 0 Å². The van der Waals surface area contributed by atoms with Gasteiger partial charge in [-0.25, -0.2) is 4.39 Å². The van der Waals surface area contributed by atoms with Crippen LogP contribution in [0.3, 0.4) is 0 Å². The molecule has 1 unspecified atom stereocenters. The number of allylic oxidation sites excluding steroid dienone is 1. The number of halogens is 17. The van der Waals surface area contributed by atoms with Crippen LogP contribution in [-0.2, 0) is 4.74 Å². The van der Waals surface area contributed by atoms with Crippen LogP contribution >= 0.6 is 0 Å². The SMILES string of the molecule is C=C(OC(F)(F)C(F)(C(F)(F)F)C(F)(F)N(C(F)(F)F)C(F)(F)F)C(F)(F)F. The normalized spacial score (nSPS) is 17.5. The van der Waals surface area contributed by atoms with Gasteiger partial charge < -0.3 is 4.74 Å². The van der Waals surface area contributed by atoms with Gasteiger partial charge in [0.05, 0.1) is 0 Å². The number of hydrogen-bond donors (Lipinski definition) is 0. The Balaban J connectivity index is 6.84. The van der Waals surface area contributed by atoms with Crippen molar-refractivity contribution < 1.29 is 79.4 Å². The van der Waals surface area contributed by atoms with E-state index in [2.05, 4.69) is 0 Å². The van der Waals surface area contributed by atoms with Gasteiger partial charge in [0.25, 0.3) is 0 Å². The zero-order chi connectivity index (χ0) is 23.4. The lowest BCUT2D eigenvalue weighted by atomic mass is 9.99. The maximum atomic E-state index is 13.7. The molecule has 0 aromatic heterocycles. The monoisotopic (exact) mass is 463 g/mol. The fourth-order valence-electron chi connectivity index (χ4n) is 1.41. The zero-order valence-electron chi connectivity index (χ0n) is 12.0. The summed E-state index contributed by atoms with van der Waals surface area (Å²) < 4.78 is 215. The number of nitrogens with zero attached hydrogens (tertiary/aromatic N) is 1. The molecule has 0 fully saturated rings. The maximum absolute atomic E-state index is 13.7. The molecule has 0 aromatic rings. The Morgan fingerprint density at radius 3 is 1.14 bits per heavy atom. The Labute approximate surface area is 141 Å². The smallest absolute Gasteiger partial charge is 0.425 e. The highest BCUT2D eigenvalue weighted by atomic mass is 19.4. The molecule has 0 aromatic carbocycles. The zero-order valence-corrected chi connectivity index (χ0v) is 12.0. The van der Waals surface area contributed by atoms with Crippen LogP contribution in [0.5, 0.6) is 0 Å². The lowest BCUT2D eigenvalue weighted by Gasteiger charge is -2.43. The van der Waals surface area contributed by atoms with Gasteiger partial charge in [-0.3, -0.25) is 0 Å². The lowest BCUT2D eigenvalue weighted by Crippen LogP contribution is -2.75. The molecule has 0 saturated heterocycles. The summed E-state index contributed by atoms with van der Waals surface area (Å²) in [4.78, 5) is -4.51. The van der Waals surface area contributed by atoms with Crippen molar-refractivity contribution in [3.05, 3.63) is 12.3 Å². The summed E-state index contributed by atoms with van der Waals surface area (Å²) >= 11 is 0. The number of rotatable bonds is 5. The maximum Gasteiger partial charge on any atom is 0.472 e. The highest BCUT2D eigenvalue weighted by molar-refractivity contribution is 5.09. The minimum Gasteiger partial charge on any atom is -0.425 e. The molecule has 0 aliphatic rings. The summed E-state index contributed by atoms with van der Waals surface area (Å²) in [7, 11) is 0. The van der Waals surface area contributed by atoms with E-state index in [1.165, 1.54) is 6.58 Å². The predicted molar refractivity (Wildman–Crippen MR) is 50.0 cm³/mol. The standard InChI is InChI=1S/C9H2F17NO/c1-2(3(10,11)12)28-7(19,20)4(13,5(14,15)16)6(17,18)27(8(21,22)23)9(24,25)26/h1H2. The third-order valence-electron chi connectivity index (χ3n) is 2.56. The molecule has 0 N–H and O–H groups in total. The molecule has 1 atom stereocenters. The van der Waals surface area contributed by atoms with Crippen molar-refractivity contribution in [1.29, 1.82) is 0 Å². The summed E-state index contributed by atoms with van der Waals surface area (Å²) in [5, 5.41) is 0. The quantitative estimate of drug-likeness (QED) is 0.287. The summed E-state index contributed by atoms with van der Waals surface area (Å²) in [5.41, 5.74) is -8.30. The first-order chi connectivity index (χ1) is 11.7. The summed E-state index contributed by atoms with van der Waals surface area (Å²) in [6.45, 7) is 1.47. The van der Waals surface area contributed by atoms with Gasteiger partial charge in [0.2, 0.25) is 0 Å². The summed E-state index contributed by atoms with van der Waals surface area (Å²) in [5.74, 6) is -3.54. The van der Waals surface area contributed by atoms with Crippen LogP contribution in [0, 0.1) is 0 Å². The van der Waals surface area contributed by atoms with Crippen LogP contribution in [0.2, 0.25) is 0 Å². The molecule has 0 amide bonds. The van der Waals surface area contributed by atoms with Gasteiger partial charge in [0, 0.05) is 0 Å². The van der Waals surface area contributed by atoms with Crippen molar-refractivity contribution in [2.75, 3.05) is 0 Å². The fourth-order valence-corrected chi connectivity index (χ4v) is 1.41. The van der Waals surface area contributed by atoms with Gasteiger partial charge in [-0.2, -0.15) is 70.2 Å². The molecule has 0 aliphatic heterocycles. The Morgan fingerprint density at radius 1 is 0.607 bits per heavy atom. The Bertz CT molecular complexity index is 565. The van der Waals surface area contributed by atoms with E-state index in [1.54, 1.807) is 0 Å². The van der Waals surface area contributed by atoms with Crippen molar-refractivity contribution in [3.63, 3.8) is 0 Å². The molecule has 0 aliphatic carbocycles. The second-order valence-corrected chi connectivity index (χ2v) is 4.51. The lowest BCUT2D eigenvalue weighted by molar-refractivity contribution is -0.509. The van der Waals surface area contributed by atoms with E-state index in [9.17, 15) is 74.6 Å². The third-order valence-corrected chi connectivity index (χ3v) is 2.56. The summed E-state index contributed by atoms with van der Waals surface area (Å²) in [6, 6.07) is -8.32. The van der Waals surface area contributed by atoms with Crippen molar-refractivity contribution in [2.24, 2.45) is 0 Å². The van der Waals surface area contributed by atoms with Gasteiger partial charge in [-0.05, 0) is 0 Å². The first kappa shape index (κ1) is 26.3. The van der Waals surface area contributed by atoms with Crippen LogP contribution in [0.1, 0.15) is 0 Å². The van der Waals surface area contributed by atoms with Crippen molar-refractivity contribution >= 4 is 0 Å². The minimum absolute atomic E-state index is 1.47. The second-order valence-electron chi connectivity index (χ2n) is 4.51. The molecule has 0 heterocycles. The summed E-state index contributed by atoms with van der Waals surface area (Å²) in [6.07, 6.45) is -37.3. The van der Waals surface area contributed by atoms with Gasteiger partial charge in [0.15, 0.2) is 5.76 Å². The average Bonchev–Trinajstić information content (AvgIpc) is 2.29. The van der Waals surface area contributed by atoms with Crippen molar-refractivity contribution in [2.45, 2.75) is 42.8 Å². The first-order valence-electron chi connectivity index (χ1n) is 5.65. The van der Waals surface area contributed by atoms with Gasteiger partial charge >= 0.3 is 42.8 Å². The average molecular weight is 463 g/mol. The van der Waals surface area contributed by atoms with Crippen molar-refractivity contribution in [1.82, 2.24) is 4.90 Å². The Morgan fingerprint density at radius 2 is 0.929 bits per heavy atom. The van der Waals surface area contributed by atoms with Crippen LogP contribution in [0.4, 0.5) is 74.6 Å². The number of hydrogen-bond acceptors (Lipinski definition) is 2. The molecule has 0 bridgehead atoms. The molecule has 168 valence electrons. The molecule has 0 rings (SSSR count). The third kappa shape index (κ3) is 4.48. The molecule has 0 saturated carbocycles. The Hall–Kier alpha value is -1.69.